The number of piperazine rings is 1. The molecule has 1 heterocycles. The second kappa shape index (κ2) is 12.1. The summed E-state index contributed by atoms with van der Waals surface area (Å²) in [5.41, 5.74) is 0.861. The molecule has 2 aliphatic rings. The Labute approximate surface area is 208 Å². The second-order valence-corrected chi connectivity index (χ2v) is 9.95. The van der Waals surface area contributed by atoms with Crippen LogP contribution in [0.15, 0.2) is 18.2 Å². The van der Waals surface area contributed by atoms with Crippen LogP contribution in [0.4, 0.5) is 4.79 Å². The van der Waals surface area contributed by atoms with Crippen LogP contribution in [0.3, 0.4) is 0 Å². The highest BCUT2D eigenvalue weighted by molar-refractivity contribution is 5.89. The largest absolute Gasteiger partial charge is 0.497 e. The maximum atomic E-state index is 13.8. The van der Waals surface area contributed by atoms with E-state index in [0.717, 1.165) is 31.2 Å². The first-order valence-electron chi connectivity index (χ1n) is 12.6. The Morgan fingerprint density at radius 3 is 2.26 bits per heavy atom. The number of ether oxygens (including phenoxy) is 2. The van der Waals surface area contributed by atoms with Gasteiger partial charge in [-0.15, -0.1) is 0 Å². The Morgan fingerprint density at radius 2 is 1.71 bits per heavy atom. The molecular formula is C26H40N4O5. The summed E-state index contributed by atoms with van der Waals surface area (Å²) in [5.74, 6) is 1.22. The second-order valence-electron chi connectivity index (χ2n) is 9.95. The minimum atomic E-state index is -0.632. The lowest BCUT2D eigenvalue weighted by Gasteiger charge is -2.46. The minimum Gasteiger partial charge on any atom is -0.497 e. The van der Waals surface area contributed by atoms with E-state index in [4.69, 9.17) is 9.47 Å². The number of amides is 4. The van der Waals surface area contributed by atoms with E-state index >= 15 is 0 Å². The molecule has 2 fully saturated rings. The fourth-order valence-corrected chi connectivity index (χ4v) is 5.10. The van der Waals surface area contributed by atoms with Crippen molar-refractivity contribution < 1.29 is 23.9 Å². The van der Waals surface area contributed by atoms with Crippen molar-refractivity contribution in [3.63, 3.8) is 0 Å². The normalized spacial score (nSPS) is 20.8. The van der Waals surface area contributed by atoms with Gasteiger partial charge in [0.1, 0.15) is 17.5 Å². The van der Waals surface area contributed by atoms with Crippen LogP contribution in [0.1, 0.15) is 57.9 Å². The smallest absolute Gasteiger partial charge is 0.318 e. The summed E-state index contributed by atoms with van der Waals surface area (Å²) in [6.45, 7) is 4.70. The Hall–Kier alpha value is -2.97. The molecule has 3 rings (SSSR count). The number of hydrogen-bond acceptors (Lipinski definition) is 5. The molecule has 4 amide bonds. The highest BCUT2D eigenvalue weighted by Crippen LogP contribution is 2.29. The van der Waals surface area contributed by atoms with Crippen molar-refractivity contribution in [2.45, 2.75) is 77.0 Å². The first-order valence-corrected chi connectivity index (χ1v) is 12.6. The van der Waals surface area contributed by atoms with Gasteiger partial charge >= 0.3 is 6.03 Å². The minimum absolute atomic E-state index is 0.102. The van der Waals surface area contributed by atoms with Gasteiger partial charge in [-0.25, -0.2) is 4.79 Å². The zero-order valence-electron chi connectivity index (χ0n) is 21.6. The predicted octanol–water partition coefficient (Wildman–Crippen LogP) is 2.92. The van der Waals surface area contributed by atoms with Gasteiger partial charge in [0.2, 0.25) is 11.8 Å². The fourth-order valence-electron chi connectivity index (χ4n) is 5.10. The molecule has 1 aromatic carbocycles. The summed E-state index contributed by atoms with van der Waals surface area (Å²) in [6.07, 6.45) is 4.75. The van der Waals surface area contributed by atoms with Crippen LogP contribution >= 0.6 is 0 Å². The van der Waals surface area contributed by atoms with Crippen LogP contribution in [0.5, 0.6) is 11.5 Å². The van der Waals surface area contributed by atoms with Crippen LogP contribution in [0.2, 0.25) is 0 Å². The molecule has 2 N–H and O–H groups in total. The number of hydrogen-bond donors (Lipinski definition) is 2. The van der Waals surface area contributed by atoms with Crippen molar-refractivity contribution in [1.82, 2.24) is 20.4 Å². The van der Waals surface area contributed by atoms with Crippen molar-refractivity contribution in [2.24, 2.45) is 5.92 Å². The zero-order valence-corrected chi connectivity index (χ0v) is 21.6. The standard InChI is InChI=1S/C26H40N4O5/c1-17(2)10-23-25(32)29(15-18-11-21(34-4)14-22(12-18)35-5)16-20(13-24(31)27-3)30(23)26(33)28-19-8-6-7-9-19/h11-12,14,17,19-20,23H,6-10,13,15-16H2,1-5H3,(H,27,31)(H,28,33)/t20-,23-/m0/s1. The van der Waals surface area contributed by atoms with E-state index in [2.05, 4.69) is 10.6 Å². The van der Waals surface area contributed by atoms with Crippen LogP contribution in [0.25, 0.3) is 0 Å². The zero-order chi connectivity index (χ0) is 25.5. The molecule has 0 radical (unpaired) electrons. The lowest BCUT2D eigenvalue weighted by Crippen LogP contribution is -2.66. The molecule has 0 bridgehead atoms. The number of rotatable bonds is 9. The highest BCUT2D eigenvalue weighted by Gasteiger charge is 2.44. The molecule has 35 heavy (non-hydrogen) atoms. The van der Waals surface area contributed by atoms with Crippen LogP contribution < -0.4 is 20.1 Å². The van der Waals surface area contributed by atoms with E-state index in [1.165, 1.54) is 0 Å². The van der Waals surface area contributed by atoms with Crippen molar-refractivity contribution in [1.29, 1.82) is 0 Å². The van der Waals surface area contributed by atoms with Gasteiger partial charge in [-0.2, -0.15) is 0 Å². The van der Waals surface area contributed by atoms with E-state index in [-0.39, 0.29) is 42.8 Å². The van der Waals surface area contributed by atoms with E-state index < -0.39 is 12.1 Å². The first kappa shape index (κ1) is 26.6. The molecule has 1 saturated heterocycles. The molecule has 0 aromatic heterocycles. The van der Waals surface area contributed by atoms with Crippen molar-refractivity contribution in [3.8, 4) is 11.5 Å². The number of benzene rings is 1. The Balaban J connectivity index is 1.91. The average molecular weight is 489 g/mol. The van der Waals surface area contributed by atoms with Crippen LogP contribution in [-0.2, 0) is 16.1 Å². The van der Waals surface area contributed by atoms with Crippen molar-refractivity contribution in [3.05, 3.63) is 23.8 Å². The van der Waals surface area contributed by atoms with E-state index in [1.807, 2.05) is 26.0 Å². The third kappa shape index (κ3) is 6.80. The maximum Gasteiger partial charge on any atom is 0.318 e. The number of carbonyl (C=O) groups is 3. The summed E-state index contributed by atoms with van der Waals surface area (Å²) < 4.78 is 10.8. The molecule has 1 aliphatic heterocycles. The molecule has 9 heteroatoms. The van der Waals surface area contributed by atoms with Gasteiger partial charge in [0.15, 0.2) is 0 Å². The Bertz CT molecular complexity index is 877. The monoisotopic (exact) mass is 488 g/mol. The summed E-state index contributed by atoms with van der Waals surface area (Å²) in [5, 5.41) is 5.81. The predicted molar refractivity (Wildman–Crippen MR) is 133 cm³/mol. The summed E-state index contributed by atoms with van der Waals surface area (Å²) in [6, 6.07) is 4.36. The van der Waals surface area contributed by atoms with Gasteiger partial charge in [-0.3, -0.25) is 9.59 Å². The summed E-state index contributed by atoms with van der Waals surface area (Å²) >= 11 is 0. The van der Waals surface area contributed by atoms with Gasteiger partial charge in [0.25, 0.3) is 0 Å². The third-order valence-electron chi connectivity index (χ3n) is 6.85. The molecular weight excluding hydrogens is 448 g/mol. The molecule has 9 nitrogen and oxygen atoms in total. The number of methoxy groups -OCH3 is 2. The highest BCUT2D eigenvalue weighted by atomic mass is 16.5. The molecule has 1 aliphatic carbocycles. The molecule has 194 valence electrons. The van der Waals surface area contributed by atoms with Gasteiger partial charge in [-0.05, 0) is 42.9 Å². The number of nitrogens with one attached hydrogen (secondary N) is 2. The lowest BCUT2D eigenvalue weighted by molar-refractivity contribution is -0.145. The number of nitrogens with zero attached hydrogens (tertiary/aromatic N) is 2. The van der Waals surface area contributed by atoms with Crippen molar-refractivity contribution in [2.75, 3.05) is 27.8 Å². The first-order chi connectivity index (χ1) is 16.7. The number of carbonyl (C=O) groups excluding carboxylic acids is 3. The van der Waals surface area contributed by atoms with Gasteiger partial charge < -0.3 is 29.9 Å². The molecule has 0 spiro atoms. The Morgan fingerprint density at radius 1 is 1.09 bits per heavy atom. The van der Waals surface area contributed by atoms with Gasteiger partial charge in [0.05, 0.1) is 20.3 Å². The van der Waals surface area contributed by atoms with E-state index in [9.17, 15) is 14.4 Å². The van der Waals surface area contributed by atoms with Crippen LogP contribution in [-0.4, -0.2) is 73.6 Å². The van der Waals surface area contributed by atoms with Crippen molar-refractivity contribution >= 4 is 17.8 Å². The molecule has 0 unspecified atom stereocenters. The summed E-state index contributed by atoms with van der Waals surface area (Å²) in [7, 11) is 4.76. The SMILES string of the molecule is CNC(=O)C[C@H]1CN(Cc2cc(OC)cc(OC)c2)C(=O)[C@H](CC(C)C)N1C(=O)NC1CCCC1. The number of urea groups is 1. The topological polar surface area (TPSA) is 100 Å². The molecule has 1 saturated carbocycles. The quantitative estimate of drug-likeness (QED) is 0.557. The molecule has 2 atom stereocenters. The fraction of sp³-hybridized carbons (Fsp3) is 0.654. The third-order valence-corrected chi connectivity index (χ3v) is 6.85. The van der Waals surface area contributed by atoms with Crippen LogP contribution in [0, 0.1) is 5.92 Å². The lowest BCUT2D eigenvalue weighted by atomic mass is 9.94. The van der Waals surface area contributed by atoms with Gasteiger partial charge in [-0.1, -0.05) is 26.7 Å². The average Bonchev–Trinajstić information content (AvgIpc) is 3.34. The Kier molecular flexibility index (Phi) is 9.23. The molecule has 1 aromatic rings. The van der Waals surface area contributed by atoms with Gasteiger partial charge in [0, 0.05) is 38.7 Å². The summed E-state index contributed by atoms with van der Waals surface area (Å²) in [4.78, 5) is 43.1. The van der Waals surface area contributed by atoms with E-state index in [1.54, 1.807) is 37.1 Å². The van der Waals surface area contributed by atoms with E-state index in [0.29, 0.717) is 24.5 Å². The maximum absolute atomic E-state index is 13.8.